The summed E-state index contributed by atoms with van der Waals surface area (Å²) in [5.74, 6) is 1.36. The Bertz CT molecular complexity index is 1240. The van der Waals surface area contributed by atoms with E-state index in [1.54, 1.807) is 17.8 Å². The van der Waals surface area contributed by atoms with E-state index in [1.807, 2.05) is 43.2 Å². The van der Waals surface area contributed by atoms with Gasteiger partial charge < -0.3 is 20.3 Å². The fourth-order valence-corrected chi connectivity index (χ4v) is 5.43. The summed E-state index contributed by atoms with van der Waals surface area (Å²) in [7, 11) is 0. The first-order valence-electron chi connectivity index (χ1n) is 11.6. The van der Waals surface area contributed by atoms with Gasteiger partial charge in [0.05, 0.1) is 22.9 Å². The molecule has 0 aliphatic carbocycles. The molecule has 0 unspecified atom stereocenters. The molecular formula is C26H27FN4O3S. The molecule has 1 saturated heterocycles. The van der Waals surface area contributed by atoms with Crippen LogP contribution >= 0.6 is 11.8 Å². The van der Waals surface area contributed by atoms with Crippen molar-refractivity contribution in [1.29, 1.82) is 0 Å². The number of hydrogen-bond donors (Lipinski definition) is 2. The lowest BCUT2D eigenvalue weighted by molar-refractivity contribution is -0.126. The third-order valence-electron chi connectivity index (χ3n) is 6.34. The zero-order valence-corrected chi connectivity index (χ0v) is 20.5. The summed E-state index contributed by atoms with van der Waals surface area (Å²) in [6.07, 6.45) is 4.49. The van der Waals surface area contributed by atoms with E-state index >= 15 is 0 Å². The minimum Gasteiger partial charge on any atom is -0.482 e. The molecule has 0 spiro atoms. The maximum absolute atomic E-state index is 13.6. The first-order chi connectivity index (χ1) is 16.8. The van der Waals surface area contributed by atoms with Crippen molar-refractivity contribution in [3.63, 3.8) is 0 Å². The van der Waals surface area contributed by atoms with Gasteiger partial charge in [-0.05, 0) is 44.2 Å². The molecule has 0 atom stereocenters. The maximum atomic E-state index is 13.6. The second-order valence-electron chi connectivity index (χ2n) is 9.23. The third-order valence-corrected chi connectivity index (χ3v) is 7.28. The second kappa shape index (κ2) is 9.47. The molecule has 2 amide bonds. The van der Waals surface area contributed by atoms with Crippen LogP contribution in [-0.4, -0.2) is 58.6 Å². The quantitative estimate of drug-likeness (QED) is 0.453. The van der Waals surface area contributed by atoms with Crippen molar-refractivity contribution in [2.24, 2.45) is 0 Å². The van der Waals surface area contributed by atoms with Crippen LogP contribution in [0.5, 0.6) is 0 Å². The molecule has 9 heteroatoms. The molecule has 0 saturated carbocycles. The number of carbonyl (C=O) groups excluding carboxylic acids is 2. The SMILES string of the molecule is CC1(C)O/C(=C2/C(=O)Nc3cc(F)ccc32)C=C1c1ccc(CCNCCN2CSCC2=O)nc1. The largest absolute Gasteiger partial charge is 0.482 e. The Balaban J connectivity index is 1.26. The van der Waals surface area contributed by atoms with Crippen molar-refractivity contribution in [1.82, 2.24) is 15.2 Å². The smallest absolute Gasteiger partial charge is 0.260 e. The molecule has 2 aromatic rings. The van der Waals surface area contributed by atoms with E-state index in [4.69, 9.17) is 4.74 Å². The Morgan fingerprint density at radius 3 is 2.83 bits per heavy atom. The Labute approximate surface area is 207 Å². The molecule has 182 valence electrons. The van der Waals surface area contributed by atoms with Crippen molar-refractivity contribution in [3.8, 4) is 0 Å². The highest BCUT2D eigenvalue weighted by atomic mass is 32.2. The molecule has 1 fully saturated rings. The molecule has 0 radical (unpaired) electrons. The molecule has 2 N–H and O–H groups in total. The van der Waals surface area contributed by atoms with Crippen molar-refractivity contribution < 1.29 is 18.7 Å². The number of nitrogens with zero attached hydrogens (tertiary/aromatic N) is 2. The van der Waals surface area contributed by atoms with E-state index in [1.165, 1.54) is 12.1 Å². The predicted molar refractivity (Wildman–Crippen MR) is 135 cm³/mol. The summed E-state index contributed by atoms with van der Waals surface area (Å²) in [6, 6.07) is 8.27. The van der Waals surface area contributed by atoms with Gasteiger partial charge >= 0.3 is 0 Å². The van der Waals surface area contributed by atoms with E-state index in [2.05, 4.69) is 15.6 Å². The number of allylic oxidation sites excluding steroid dienone is 1. The molecule has 35 heavy (non-hydrogen) atoms. The Morgan fingerprint density at radius 2 is 2.09 bits per heavy atom. The van der Waals surface area contributed by atoms with E-state index in [0.717, 1.165) is 48.8 Å². The summed E-state index contributed by atoms with van der Waals surface area (Å²) in [5.41, 5.74) is 3.66. The van der Waals surface area contributed by atoms with Crippen LogP contribution in [0.2, 0.25) is 0 Å². The van der Waals surface area contributed by atoms with Gasteiger partial charge in [-0.3, -0.25) is 14.6 Å². The van der Waals surface area contributed by atoms with Gasteiger partial charge in [-0.1, -0.05) is 6.07 Å². The van der Waals surface area contributed by atoms with Crippen molar-refractivity contribution in [2.75, 3.05) is 36.6 Å². The molecule has 4 heterocycles. The van der Waals surface area contributed by atoms with E-state index in [9.17, 15) is 14.0 Å². The van der Waals surface area contributed by atoms with E-state index < -0.39 is 11.4 Å². The number of amides is 2. The highest BCUT2D eigenvalue weighted by Gasteiger charge is 2.38. The van der Waals surface area contributed by atoms with Gasteiger partial charge in [0.1, 0.15) is 17.2 Å². The lowest BCUT2D eigenvalue weighted by atomic mass is 9.93. The normalized spacial score (nSPS) is 20.7. The predicted octanol–water partition coefficient (Wildman–Crippen LogP) is 3.44. The number of fused-ring (bicyclic) bond motifs is 1. The van der Waals surface area contributed by atoms with Crippen LogP contribution in [0.1, 0.15) is 30.7 Å². The Hall–Kier alpha value is -3.17. The fraction of sp³-hybridized carbons (Fsp3) is 0.346. The van der Waals surface area contributed by atoms with Gasteiger partial charge in [0.2, 0.25) is 5.91 Å². The van der Waals surface area contributed by atoms with Crippen LogP contribution in [0.4, 0.5) is 10.1 Å². The number of benzene rings is 1. The van der Waals surface area contributed by atoms with Gasteiger partial charge in [-0.2, -0.15) is 0 Å². The van der Waals surface area contributed by atoms with Crippen LogP contribution in [0, 0.1) is 5.82 Å². The van der Waals surface area contributed by atoms with Gasteiger partial charge in [0, 0.05) is 54.6 Å². The van der Waals surface area contributed by atoms with Crippen LogP contribution in [0.3, 0.4) is 0 Å². The number of hydrogen-bond acceptors (Lipinski definition) is 6. The Morgan fingerprint density at radius 1 is 1.23 bits per heavy atom. The van der Waals surface area contributed by atoms with Crippen molar-refractivity contribution >= 4 is 40.4 Å². The molecule has 7 nitrogen and oxygen atoms in total. The molecule has 0 bridgehead atoms. The maximum Gasteiger partial charge on any atom is 0.260 e. The average molecular weight is 495 g/mol. The minimum absolute atomic E-state index is 0.215. The zero-order chi connectivity index (χ0) is 24.6. The third kappa shape index (κ3) is 4.83. The molecule has 3 aliphatic heterocycles. The first-order valence-corrected chi connectivity index (χ1v) is 12.8. The average Bonchev–Trinajstić information content (AvgIpc) is 3.47. The number of pyridine rings is 1. The number of thioether (sulfide) groups is 1. The van der Waals surface area contributed by atoms with Gasteiger partial charge in [-0.15, -0.1) is 11.8 Å². The zero-order valence-electron chi connectivity index (χ0n) is 19.7. The van der Waals surface area contributed by atoms with Crippen LogP contribution in [0.15, 0.2) is 48.4 Å². The van der Waals surface area contributed by atoms with Gasteiger partial charge in [0.25, 0.3) is 5.91 Å². The number of rotatable bonds is 7. The fourth-order valence-electron chi connectivity index (χ4n) is 4.49. The molecular weight excluding hydrogens is 467 g/mol. The monoisotopic (exact) mass is 494 g/mol. The number of aromatic nitrogens is 1. The standard InChI is InChI=1S/C26H27FN4O3S/c1-26(2)20(12-22(34-26)24-19-6-4-17(27)11-21(19)30-25(24)33)16-3-5-18(29-13-16)7-8-28-9-10-31-15-35-14-23(31)32/h3-6,11-13,28H,7-10,14-15H2,1-2H3,(H,30,33)/b24-22+. The van der Waals surface area contributed by atoms with Gasteiger partial charge in [-0.25, -0.2) is 4.39 Å². The lowest BCUT2D eigenvalue weighted by Crippen LogP contribution is -2.34. The lowest BCUT2D eigenvalue weighted by Gasteiger charge is -2.23. The van der Waals surface area contributed by atoms with Crippen LogP contribution < -0.4 is 10.6 Å². The number of anilines is 1. The topological polar surface area (TPSA) is 83.6 Å². The second-order valence-corrected chi connectivity index (χ2v) is 10.2. The van der Waals surface area contributed by atoms with E-state index in [0.29, 0.717) is 28.3 Å². The van der Waals surface area contributed by atoms with Crippen LogP contribution in [-0.2, 0) is 20.7 Å². The summed E-state index contributed by atoms with van der Waals surface area (Å²) >= 11 is 1.66. The summed E-state index contributed by atoms with van der Waals surface area (Å²) in [6.45, 7) is 6.18. The summed E-state index contributed by atoms with van der Waals surface area (Å²) in [5, 5.41) is 6.09. The first kappa shape index (κ1) is 23.6. The summed E-state index contributed by atoms with van der Waals surface area (Å²) < 4.78 is 19.8. The highest BCUT2D eigenvalue weighted by molar-refractivity contribution is 8.00. The number of nitrogens with one attached hydrogen (secondary N) is 2. The molecule has 1 aromatic heterocycles. The minimum atomic E-state index is -0.651. The van der Waals surface area contributed by atoms with E-state index in [-0.39, 0.29) is 11.8 Å². The summed E-state index contributed by atoms with van der Waals surface area (Å²) in [4.78, 5) is 30.8. The number of carbonyl (C=O) groups is 2. The highest BCUT2D eigenvalue weighted by Crippen LogP contribution is 2.44. The molecule has 1 aromatic carbocycles. The molecule has 5 rings (SSSR count). The number of ether oxygens (including phenoxy) is 1. The van der Waals surface area contributed by atoms with Crippen molar-refractivity contribution in [2.45, 2.75) is 25.9 Å². The number of halogens is 1. The molecule has 3 aliphatic rings. The van der Waals surface area contributed by atoms with Crippen LogP contribution in [0.25, 0.3) is 11.1 Å². The van der Waals surface area contributed by atoms with Crippen molar-refractivity contribution in [3.05, 3.63) is 71.0 Å². The van der Waals surface area contributed by atoms with Gasteiger partial charge in [0.15, 0.2) is 0 Å². The Kier molecular flexibility index (Phi) is 6.37.